The van der Waals surface area contributed by atoms with Crippen LogP contribution in [0, 0.1) is 11.3 Å². The molecule has 1 unspecified atom stereocenters. The first-order chi connectivity index (χ1) is 9.43. The second kappa shape index (κ2) is 7.59. The number of hydrogen-bond donors (Lipinski definition) is 0. The lowest BCUT2D eigenvalue weighted by atomic mass is 10.2. The molecule has 0 aliphatic carbocycles. The smallest absolute Gasteiger partial charge is 0.224 e. The molecule has 1 atom stereocenters. The van der Waals surface area contributed by atoms with E-state index in [2.05, 4.69) is 0 Å². The average molecular weight is 327 g/mol. The summed E-state index contributed by atoms with van der Waals surface area (Å²) in [4.78, 5) is 0. The second-order valence-corrected chi connectivity index (χ2v) is 6.94. The molecule has 0 saturated heterocycles. The molecule has 3 nitrogen and oxygen atoms in total. The van der Waals surface area contributed by atoms with Gasteiger partial charge in [-0.3, -0.25) is 0 Å². The summed E-state index contributed by atoms with van der Waals surface area (Å²) < 4.78 is 73.3. The normalized spacial score (nSPS) is 15.5. The van der Waals surface area contributed by atoms with Crippen molar-refractivity contribution < 1.29 is 26.0 Å². The van der Waals surface area contributed by atoms with Crippen LogP contribution in [-0.2, 0) is 9.84 Å². The minimum atomic E-state index is -4.42. The summed E-state index contributed by atoms with van der Waals surface area (Å²) in [5, 5.41) is 5.67. The lowest BCUT2D eigenvalue weighted by Crippen LogP contribution is -2.33. The fraction of sp³-hybridized carbons (Fsp3) is 0.615. The monoisotopic (exact) mass is 327 g/mol. The Morgan fingerprint density at radius 2 is 1.76 bits per heavy atom. The Kier molecular flexibility index (Phi) is 7.10. The summed E-state index contributed by atoms with van der Waals surface area (Å²) in [6.07, 6.45) is -3.17. The van der Waals surface area contributed by atoms with Crippen LogP contribution < -0.4 is 0 Å². The van der Waals surface area contributed by atoms with E-state index in [0.717, 1.165) is 18.2 Å². The maximum atomic E-state index is 14.2. The van der Waals surface area contributed by atoms with Gasteiger partial charge in [0.05, 0.1) is 5.75 Å². The molecule has 0 rings (SSSR count). The molecular weight excluding hydrogens is 310 g/mol. The molecule has 0 heterocycles. The van der Waals surface area contributed by atoms with E-state index >= 15 is 0 Å². The van der Waals surface area contributed by atoms with Gasteiger partial charge in [-0.05, 0) is 20.3 Å². The van der Waals surface area contributed by atoms with Crippen molar-refractivity contribution in [1.29, 1.82) is 5.26 Å². The predicted molar refractivity (Wildman–Crippen MR) is 71.7 cm³/mol. The Bertz CT molecular complexity index is 539. The highest BCUT2D eigenvalue weighted by molar-refractivity contribution is 7.93. The Morgan fingerprint density at radius 3 is 2.19 bits per heavy atom. The number of nitrogens with zero attached hydrogens (tertiary/aromatic N) is 1. The fourth-order valence-electron chi connectivity index (χ4n) is 1.27. The molecular formula is C13H17F4NO2S. The molecule has 0 aromatic rings. The van der Waals surface area contributed by atoms with E-state index in [0.29, 0.717) is 5.57 Å². The summed E-state index contributed by atoms with van der Waals surface area (Å²) in [6.45, 7) is 3.25. The van der Waals surface area contributed by atoms with Crippen molar-refractivity contribution in [2.75, 3.05) is 5.75 Å². The minimum absolute atomic E-state index is 0.390. The summed E-state index contributed by atoms with van der Waals surface area (Å²) in [5.74, 6) is -0.814. The lowest BCUT2D eigenvalue weighted by molar-refractivity contribution is -0.133. The highest BCUT2D eigenvalue weighted by Gasteiger charge is 2.42. The molecule has 0 saturated carbocycles. The fourth-order valence-corrected chi connectivity index (χ4v) is 2.40. The number of halogens is 4. The molecule has 120 valence electrons. The Morgan fingerprint density at radius 1 is 1.19 bits per heavy atom. The molecule has 0 aliphatic rings. The van der Waals surface area contributed by atoms with Crippen molar-refractivity contribution in [3.8, 4) is 6.07 Å². The number of hydrogen-bond acceptors (Lipinski definition) is 3. The molecule has 0 aliphatic heterocycles. The molecule has 0 N–H and O–H groups in total. The van der Waals surface area contributed by atoms with E-state index in [-0.39, 0.29) is 0 Å². The first kappa shape index (κ1) is 19.6. The Labute approximate surface area is 121 Å². The number of alkyl halides is 4. The van der Waals surface area contributed by atoms with E-state index in [1.807, 2.05) is 0 Å². The zero-order valence-corrected chi connectivity index (χ0v) is 12.6. The SMILES string of the molecule is CC(C)=CCC(F)(C#N)S(=O)(=O)CC=CCCC(F)(F)F. The van der Waals surface area contributed by atoms with Gasteiger partial charge in [-0.15, -0.1) is 0 Å². The minimum Gasteiger partial charge on any atom is -0.224 e. The van der Waals surface area contributed by atoms with Gasteiger partial charge >= 0.3 is 6.18 Å². The van der Waals surface area contributed by atoms with Crippen molar-refractivity contribution in [3.63, 3.8) is 0 Å². The van der Waals surface area contributed by atoms with Crippen LogP contribution >= 0.6 is 0 Å². The van der Waals surface area contributed by atoms with Crippen LogP contribution in [0.2, 0.25) is 0 Å². The van der Waals surface area contributed by atoms with Gasteiger partial charge in [0.2, 0.25) is 9.84 Å². The van der Waals surface area contributed by atoms with Crippen molar-refractivity contribution in [1.82, 2.24) is 0 Å². The zero-order valence-electron chi connectivity index (χ0n) is 11.7. The van der Waals surface area contributed by atoms with E-state index in [9.17, 15) is 26.0 Å². The standard InChI is InChI=1S/C13H17F4NO2S/c1-11(2)6-8-12(14,10-18)21(19,20)9-5-3-4-7-13(15,16)17/h3,5-6H,4,7-9H2,1-2H3. The highest BCUT2D eigenvalue weighted by Crippen LogP contribution is 2.26. The molecule has 0 radical (unpaired) electrons. The topological polar surface area (TPSA) is 57.9 Å². The van der Waals surface area contributed by atoms with Gasteiger partial charge in [0.15, 0.2) is 0 Å². The summed E-state index contributed by atoms with van der Waals surface area (Å²) in [7, 11) is -4.42. The van der Waals surface area contributed by atoms with Gasteiger partial charge in [0.25, 0.3) is 5.00 Å². The summed E-state index contributed by atoms with van der Waals surface area (Å²) >= 11 is 0. The van der Waals surface area contributed by atoms with E-state index < -0.39 is 46.0 Å². The maximum absolute atomic E-state index is 14.2. The number of rotatable bonds is 7. The largest absolute Gasteiger partial charge is 0.389 e. The predicted octanol–water partition coefficient (Wildman–Crippen LogP) is 3.85. The van der Waals surface area contributed by atoms with Crippen molar-refractivity contribution in [2.45, 2.75) is 44.3 Å². The summed E-state index contributed by atoms with van der Waals surface area (Å²) in [5.41, 5.74) is 0.656. The van der Waals surface area contributed by atoms with Gasteiger partial charge in [-0.1, -0.05) is 23.8 Å². The van der Waals surface area contributed by atoms with Crippen molar-refractivity contribution >= 4 is 9.84 Å². The third kappa shape index (κ3) is 7.27. The first-order valence-electron chi connectivity index (χ1n) is 6.11. The van der Waals surface area contributed by atoms with Gasteiger partial charge in [0, 0.05) is 12.8 Å². The molecule has 21 heavy (non-hydrogen) atoms. The number of nitriles is 1. The molecule has 0 aromatic heterocycles. The van der Waals surface area contributed by atoms with Crippen molar-refractivity contribution in [3.05, 3.63) is 23.8 Å². The lowest BCUT2D eigenvalue weighted by Gasteiger charge is -2.15. The van der Waals surface area contributed by atoms with Crippen LogP contribution in [0.1, 0.15) is 33.1 Å². The third-order valence-corrected chi connectivity index (χ3v) is 4.38. The third-order valence-electron chi connectivity index (χ3n) is 2.51. The van der Waals surface area contributed by atoms with Crippen LogP contribution in [-0.4, -0.2) is 25.3 Å². The van der Waals surface area contributed by atoms with Gasteiger partial charge in [0.1, 0.15) is 6.07 Å². The molecule has 0 spiro atoms. The van der Waals surface area contributed by atoms with Crippen LogP contribution in [0.3, 0.4) is 0 Å². The quantitative estimate of drug-likeness (QED) is 0.527. The Balaban J connectivity index is 4.77. The molecule has 0 fully saturated rings. The van der Waals surface area contributed by atoms with Gasteiger partial charge in [-0.25, -0.2) is 12.8 Å². The first-order valence-corrected chi connectivity index (χ1v) is 7.76. The average Bonchev–Trinajstić information content (AvgIpc) is 2.33. The van der Waals surface area contributed by atoms with E-state index in [4.69, 9.17) is 5.26 Å². The van der Waals surface area contributed by atoms with Crippen LogP contribution in [0.25, 0.3) is 0 Å². The molecule has 8 heteroatoms. The molecule has 0 aromatic carbocycles. The van der Waals surface area contributed by atoms with Crippen LogP contribution in [0.5, 0.6) is 0 Å². The molecule has 0 bridgehead atoms. The summed E-state index contributed by atoms with van der Waals surface area (Å²) in [6, 6.07) is 1.13. The number of sulfone groups is 1. The molecule has 0 amide bonds. The Hall–Kier alpha value is -1.36. The highest BCUT2D eigenvalue weighted by atomic mass is 32.2. The van der Waals surface area contributed by atoms with Gasteiger partial charge < -0.3 is 0 Å². The van der Waals surface area contributed by atoms with E-state index in [1.165, 1.54) is 6.08 Å². The van der Waals surface area contributed by atoms with Gasteiger partial charge in [-0.2, -0.15) is 18.4 Å². The van der Waals surface area contributed by atoms with Crippen LogP contribution in [0.4, 0.5) is 17.6 Å². The van der Waals surface area contributed by atoms with E-state index in [1.54, 1.807) is 13.8 Å². The maximum Gasteiger partial charge on any atom is 0.389 e. The zero-order chi connectivity index (χ0) is 16.7. The second-order valence-electron chi connectivity index (χ2n) is 4.73. The number of allylic oxidation sites excluding steroid dienone is 3. The van der Waals surface area contributed by atoms with Crippen molar-refractivity contribution in [2.24, 2.45) is 0 Å². The van der Waals surface area contributed by atoms with Crippen LogP contribution in [0.15, 0.2) is 23.8 Å².